The molecule has 36 heavy (non-hydrogen) atoms. The van der Waals surface area contributed by atoms with E-state index in [0.29, 0.717) is 19.6 Å². The maximum atomic E-state index is 13.6. The molecule has 3 rings (SSSR count). The molecule has 0 atom stereocenters. The minimum Gasteiger partial charge on any atom is -0.395 e. The van der Waals surface area contributed by atoms with Gasteiger partial charge >= 0.3 is 6.03 Å². The average Bonchev–Trinajstić information content (AvgIpc) is 2.88. The third-order valence-corrected chi connectivity index (χ3v) is 7.16. The standard InChI is InChI=1S/C28H41N5O3/c1-4-24-20-25(19-22(3)30-24)31-27(36)29-13-16-32-14-11-28(5-2,12-15-32)26(35)33(17-18-34)21-23-9-7-6-8-10-23/h6-10,19-20,34H,4-5,11-18,21H2,1-3H3,(H2,29,30,31,36). The first-order chi connectivity index (χ1) is 17.4. The number of aromatic nitrogens is 1. The van der Waals surface area contributed by atoms with Crippen molar-refractivity contribution in [2.24, 2.45) is 5.41 Å². The molecule has 0 bridgehead atoms. The van der Waals surface area contributed by atoms with Crippen molar-refractivity contribution in [2.45, 2.75) is 53.0 Å². The molecule has 1 aliphatic heterocycles. The summed E-state index contributed by atoms with van der Waals surface area (Å²) in [5.41, 5.74) is 3.26. The van der Waals surface area contributed by atoms with E-state index in [9.17, 15) is 14.7 Å². The van der Waals surface area contributed by atoms with Crippen molar-refractivity contribution in [1.82, 2.24) is 20.1 Å². The number of aryl methyl sites for hydroxylation is 2. The molecule has 8 heteroatoms. The third-order valence-electron chi connectivity index (χ3n) is 7.16. The number of aliphatic hydroxyl groups excluding tert-OH is 1. The fourth-order valence-corrected chi connectivity index (χ4v) is 4.93. The van der Waals surface area contributed by atoms with Gasteiger partial charge in [-0.25, -0.2) is 4.79 Å². The Bertz CT molecular complexity index is 990. The normalized spacial score (nSPS) is 15.3. The van der Waals surface area contributed by atoms with Crippen LogP contribution in [0.5, 0.6) is 0 Å². The highest BCUT2D eigenvalue weighted by molar-refractivity contribution is 5.89. The van der Waals surface area contributed by atoms with Gasteiger partial charge in [-0.1, -0.05) is 44.2 Å². The number of hydrogen-bond donors (Lipinski definition) is 3. The summed E-state index contributed by atoms with van der Waals surface area (Å²) in [6.45, 7) is 9.75. The Morgan fingerprint density at radius 1 is 1.14 bits per heavy atom. The number of rotatable bonds is 11. The Morgan fingerprint density at radius 2 is 1.86 bits per heavy atom. The van der Waals surface area contributed by atoms with Crippen LogP contribution in [0.15, 0.2) is 42.5 Å². The third kappa shape index (κ3) is 7.51. The number of carbonyl (C=O) groups is 2. The van der Waals surface area contributed by atoms with Gasteiger partial charge in [-0.2, -0.15) is 0 Å². The van der Waals surface area contributed by atoms with Crippen molar-refractivity contribution in [3.63, 3.8) is 0 Å². The first-order valence-corrected chi connectivity index (χ1v) is 13.1. The van der Waals surface area contributed by atoms with Gasteiger partial charge in [-0.05, 0) is 63.4 Å². The van der Waals surface area contributed by atoms with Crippen molar-refractivity contribution in [1.29, 1.82) is 0 Å². The molecular weight excluding hydrogens is 454 g/mol. The summed E-state index contributed by atoms with van der Waals surface area (Å²) in [6, 6.07) is 13.5. The van der Waals surface area contributed by atoms with E-state index in [2.05, 4.69) is 27.4 Å². The number of nitrogens with one attached hydrogen (secondary N) is 2. The molecule has 0 radical (unpaired) electrons. The van der Waals surface area contributed by atoms with E-state index in [4.69, 9.17) is 0 Å². The molecule has 3 amide bonds. The molecule has 0 aliphatic carbocycles. The van der Waals surface area contributed by atoms with E-state index in [1.165, 1.54) is 0 Å². The highest BCUT2D eigenvalue weighted by Gasteiger charge is 2.42. The Hall–Kier alpha value is -2.97. The van der Waals surface area contributed by atoms with E-state index < -0.39 is 5.41 Å². The van der Waals surface area contributed by atoms with Crippen molar-refractivity contribution in [3.8, 4) is 0 Å². The molecule has 1 saturated heterocycles. The van der Waals surface area contributed by atoms with Gasteiger partial charge in [0.2, 0.25) is 5.91 Å². The van der Waals surface area contributed by atoms with Crippen LogP contribution in [-0.2, 0) is 17.8 Å². The fourth-order valence-electron chi connectivity index (χ4n) is 4.93. The largest absolute Gasteiger partial charge is 0.395 e. The van der Waals surface area contributed by atoms with E-state index in [0.717, 1.165) is 68.0 Å². The zero-order valence-corrected chi connectivity index (χ0v) is 21.9. The van der Waals surface area contributed by atoms with Crippen molar-refractivity contribution in [2.75, 3.05) is 44.6 Å². The molecule has 0 unspecified atom stereocenters. The summed E-state index contributed by atoms with van der Waals surface area (Å²) >= 11 is 0. The lowest BCUT2D eigenvalue weighted by Crippen LogP contribution is -2.51. The smallest absolute Gasteiger partial charge is 0.319 e. The first-order valence-electron chi connectivity index (χ1n) is 13.1. The Labute approximate surface area is 215 Å². The number of carbonyl (C=O) groups excluding carboxylic acids is 2. The van der Waals surface area contributed by atoms with Crippen LogP contribution in [0.4, 0.5) is 10.5 Å². The Kier molecular flexibility index (Phi) is 10.3. The van der Waals surface area contributed by atoms with Gasteiger partial charge in [0.25, 0.3) is 0 Å². The van der Waals surface area contributed by atoms with Crippen molar-refractivity contribution < 1.29 is 14.7 Å². The van der Waals surface area contributed by atoms with Crippen LogP contribution < -0.4 is 10.6 Å². The summed E-state index contributed by atoms with van der Waals surface area (Å²) in [4.78, 5) is 34.5. The second kappa shape index (κ2) is 13.4. The molecular formula is C28H41N5O3. The molecule has 1 aromatic heterocycles. The average molecular weight is 496 g/mol. The van der Waals surface area contributed by atoms with Gasteiger partial charge in [-0.15, -0.1) is 0 Å². The zero-order chi connectivity index (χ0) is 26.0. The maximum Gasteiger partial charge on any atom is 0.319 e. The first kappa shape index (κ1) is 27.6. The number of aliphatic hydroxyl groups is 1. The zero-order valence-electron chi connectivity index (χ0n) is 21.9. The summed E-state index contributed by atoms with van der Waals surface area (Å²) < 4.78 is 0. The number of likely N-dealkylation sites (tertiary alicyclic amines) is 1. The molecule has 196 valence electrons. The molecule has 2 heterocycles. The second-order valence-electron chi connectivity index (χ2n) is 9.63. The predicted octanol–water partition coefficient (Wildman–Crippen LogP) is 3.59. The van der Waals surface area contributed by atoms with E-state index >= 15 is 0 Å². The number of benzene rings is 1. The van der Waals surface area contributed by atoms with Crippen LogP contribution in [0.3, 0.4) is 0 Å². The van der Waals surface area contributed by atoms with Gasteiger partial charge in [0, 0.05) is 43.3 Å². The lowest BCUT2D eigenvalue weighted by Gasteiger charge is -2.43. The van der Waals surface area contributed by atoms with E-state index in [1.54, 1.807) is 0 Å². The van der Waals surface area contributed by atoms with Gasteiger partial charge in [0.05, 0.1) is 12.0 Å². The number of pyridine rings is 1. The molecule has 1 aromatic carbocycles. The quantitative estimate of drug-likeness (QED) is 0.443. The number of piperidine rings is 1. The molecule has 2 aromatic rings. The highest BCUT2D eigenvalue weighted by Crippen LogP contribution is 2.37. The molecule has 1 fully saturated rings. The minimum atomic E-state index is -0.401. The monoisotopic (exact) mass is 495 g/mol. The predicted molar refractivity (Wildman–Crippen MR) is 143 cm³/mol. The lowest BCUT2D eigenvalue weighted by molar-refractivity contribution is -0.146. The summed E-state index contributed by atoms with van der Waals surface area (Å²) in [7, 11) is 0. The molecule has 1 aliphatic rings. The van der Waals surface area contributed by atoms with Crippen LogP contribution in [0.25, 0.3) is 0 Å². The van der Waals surface area contributed by atoms with Gasteiger partial charge in [-0.3, -0.25) is 9.78 Å². The van der Waals surface area contributed by atoms with Crippen LogP contribution in [-0.4, -0.2) is 71.2 Å². The highest BCUT2D eigenvalue weighted by atomic mass is 16.3. The minimum absolute atomic E-state index is 0.0446. The Morgan fingerprint density at radius 3 is 2.50 bits per heavy atom. The number of anilines is 1. The number of amides is 3. The number of hydrogen-bond acceptors (Lipinski definition) is 5. The molecule has 8 nitrogen and oxygen atoms in total. The SMILES string of the molecule is CCc1cc(NC(=O)NCCN2CCC(CC)(C(=O)N(CCO)Cc3ccccc3)CC2)cc(C)n1. The van der Waals surface area contributed by atoms with Gasteiger partial charge in [0.1, 0.15) is 0 Å². The van der Waals surface area contributed by atoms with E-state index in [-0.39, 0.29) is 18.5 Å². The van der Waals surface area contributed by atoms with Crippen LogP contribution >= 0.6 is 0 Å². The summed E-state index contributed by atoms with van der Waals surface area (Å²) in [5, 5.41) is 15.4. The number of nitrogens with zero attached hydrogens (tertiary/aromatic N) is 3. The maximum absolute atomic E-state index is 13.6. The van der Waals surface area contributed by atoms with Crippen LogP contribution in [0.2, 0.25) is 0 Å². The Balaban J connectivity index is 1.48. The summed E-state index contributed by atoms with van der Waals surface area (Å²) in [5.74, 6) is 0.138. The number of urea groups is 1. The summed E-state index contributed by atoms with van der Waals surface area (Å²) in [6.07, 6.45) is 3.16. The molecule has 3 N–H and O–H groups in total. The van der Waals surface area contributed by atoms with Crippen molar-refractivity contribution >= 4 is 17.6 Å². The van der Waals surface area contributed by atoms with E-state index in [1.807, 2.05) is 61.2 Å². The fraction of sp³-hybridized carbons (Fsp3) is 0.536. The lowest BCUT2D eigenvalue weighted by atomic mass is 9.74. The van der Waals surface area contributed by atoms with Gasteiger partial charge < -0.3 is 25.5 Å². The van der Waals surface area contributed by atoms with Crippen LogP contribution in [0.1, 0.15) is 50.1 Å². The topological polar surface area (TPSA) is 97.8 Å². The van der Waals surface area contributed by atoms with Crippen molar-refractivity contribution in [3.05, 3.63) is 59.4 Å². The molecule has 0 spiro atoms. The van der Waals surface area contributed by atoms with Gasteiger partial charge in [0.15, 0.2) is 0 Å². The van der Waals surface area contributed by atoms with Crippen LogP contribution in [0, 0.1) is 12.3 Å². The second-order valence-corrected chi connectivity index (χ2v) is 9.63. The molecule has 0 saturated carbocycles.